The highest BCUT2D eigenvalue weighted by Gasteiger charge is 2.30. The first kappa shape index (κ1) is 33.5. The average molecular weight is 635 g/mol. The molecule has 1 heteroatoms. The van der Waals surface area contributed by atoms with Crippen molar-refractivity contribution in [3.63, 3.8) is 0 Å². The van der Waals surface area contributed by atoms with Gasteiger partial charge in [0, 0.05) is 21.4 Å². The van der Waals surface area contributed by atoms with Crippen LogP contribution in [0.25, 0.3) is 34.4 Å². The Balaban J connectivity index is 1.23. The van der Waals surface area contributed by atoms with Gasteiger partial charge in [0.15, 0.2) is 0 Å². The van der Waals surface area contributed by atoms with Gasteiger partial charge in [0.05, 0.1) is 0 Å². The summed E-state index contributed by atoms with van der Waals surface area (Å²) in [5.41, 5.74) is 17.9. The Labute approximate surface area is 288 Å². The molecule has 47 heavy (non-hydrogen) atoms. The van der Waals surface area contributed by atoms with E-state index in [1.54, 1.807) is 22.3 Å². The summed E-state index contributed by atoms with van der Waals surface area (Å²) in [6, 6.07) is 35.5. The predicted molar refractivity (Wildman–Crippen MR) is 208 cm³/mol. The van der Waals surface area contributed by atoms with E-state index >= 15 is 0 Å². The lowest BCUT2D eigenvalue weighted by atomic mass is 9.91. The Kier molecular flexibility index (Phi) is 11.5. The molecule has 0 aromatic heterocycles. The monoisotopic (exact) mass is 634 g/mol. The van der Waals surface area contributed by atoms with Crippen LogP contribution in [0.1, 0.15) is 124 Å². The van der Waals surface area contributed by atoms with Gasteiger partial charge in [-0.25, -0.2) is 0 Å². The molecule has 0 fully saturated rings. The van der Waals surface area contributed by atoms with E-state index in [1.807, 2.05) is 0 Å². The third kappa shape index (κ3) is 7.52. The van der Waals surface area contributed by atoms with E-state index in [-0.39, 0.29) is 0 Å². The number of allylic oxidation sites excluding steroid dienone is 2. The first-order valence-electron chi connectivity index (χ1n) is 18.7. The van der Waals surface area contributed by atoms with Crippen LogP contribution in [0.5, 0.6) is 0 Å². The Morgan fingerprint density at radius 2 is 0.894 bits per heavy atom. The van der Waals surface area contributed by atoms with Crippen LogP contribution in [0.2, 0.25) is 12.1 Å². The second kappa shape index (κ2) is 16.1. The SMILES string of the molecule is CCCCC1=Cc2c(-c3ccc(CCC)cc3)cccc2C1C[Si]CC1C(CCCC)=Cc2c(-c3ccc(CCC)cc3)cccc21. The molecule has 4 aromatic carbocycles. The normalized spacial score (nSPS) is 16.6. The molecular formula is C46H54Si. The number of hydrogen-bond acceptors (Lipinski definition) is 0. The molecule has 0 N–H and O–H groups in total. The van der Waals surface area contributed by atoms with Crippen molar-refractivity contribution in [1.82, 2.24) is 0 Å². The highest BCUT2D eigenvalue weighted by atomic mass is 28.2. The first-order chi connectivity index (χ1) is 23.1. The molecule has 0 heterocycles. The van der Waals surface area contributed by atoms with Gasteiger partial charge in [-0.05, 0) is 94.2 Å². The second-order valence-electron chi connectivity index (χ2n) is 13.9. The van der Waals surface area contributed by atoms with Crippen molar-refractivity contribution in [3.05, 3.63) is 129 Å². The lowest BCUT2D eigenvalue weighted by Gasteiger charge is -2.21. The molecular weight excluding hydrogens is 581 g/mol. The summed E-state index contributed by atoms with van der Waals surface area (Å²) < 4.78 is 0. The van der Waals surface area contributed by atoms with E-state index in [0.29, 0.717) is 11.8 Å². The van der Waals surface area contributed by atoms with Crippen molar-refractivity contribution in [2.75, 3.05) is 0 Å². The van der Waals surface area contributed by atoms with E-state index in [4.69, 9.17) is 0 Å². The molecule has 0 bridgehead atoms. The van der Waals surface area contributed by atoms with Crippen LogP contribution in [-0.2, 0) is 12.8 Å². The largest absolute Gasteiger partial charge is 0.0654 e. The average Bonchev–Trinajstić information content (AvgIpc) is 3.65. The zero-order valence-corrected chi connectivity index (χ0v) is 30.4. The van der Waals surface area contributed by atoms with E-state index in [9.17, 15) is 0 Å². The summed E-state index contributed by atoms with van der Waals surface area (Å²) >= 11 is 0. The minimum atomic E-state index is 0.561. The Bertz CT molecular complexity index is 1560. The van der Waals surface area contributed by atoms with Gasteiger partial charge in [0.2, 0.25) is 0 Å². The van der Waals surface area contributed by atoms with Gasteiger partial charge in [-0.15, -0.1) is 0 Å². The second-order valence-corrected chi connectivity index (χ2v) is 15.2. The number of unbranched alkanes of at least 4 members (excludes halogenated alkanes) is 2. The maximum absolute atomic E-state index is 2.59. The molecule has 2 aliphatic rings. The van der Waals surface area contributed by atoms with E-state index < -0.39 is 0 Å². The molecule has 6 rings (SSSR count). The molecule has 2 radical (unpaired) electrons. The lowest BCUT2D eigenvalue weighted by Crippen LogP contribution is -2.08. The van der Waals surface area contributed by atoms with Crippen molar-refractivity contribution in [2.24, 2.45) is 0 Å². The third-order valence-corrected chi connectivity index (χ3v) is 11.9. The van der Waals surface area contributed by atoms with Crippen molar-refractivity contribution in [3.8, 4) is 22.3 Å². The summed E-state index contributed by atoms with van der Waals surface area (Å²) in [5, 5.41) is 0. The summed E-state index contributed by atoms with van der Waals surface area (Å²) in [7, 11) is 0.947. The van der Waals surface area contributed by atoms with Gasteiger partial charge >= 0.3 is 0 Å². The lowest BCUT2D eigenvalue weighted by molar-refractivity contribution is 0.730. The quantitative estimate of drug-likeness (QED) is 0.108. The van der Waals surface area contributed by atoms with E-state index in [0.717, 1.165) is 22.4 Å². The van der Waals surface area contributed by atoms with Crippen LogP contribution < -0.4 is 0 Å². The highest BCUT2D eigenvalue weighted by molar-refractivity contribution is 6.36. The van der Waals surface area contributed by atoms with Crippen molar-refractivity contribution in [1.29, 1.82) is 0 Å². The predicted octanol–water partition coefficient (Wildman–Crippen LogP) is 13.5. The van der Waals surface area contributed by atoms with Crippen molar-refractivity contribution < 1.29 is 0 Å². The smallest absolute Gasteiger partial charge is 0.0397 e. The van der Waals surface area contributed by atoms with Crippen LogP contribution >= 0.6 is 0 Å². The maximum atomic E-state index is 2.59. The summed E-state index contributed by atoms with van der Waals surface area (Å²) in [6.45, 7) is 9.19. The fourth-order valence-electron chi connectivity index (χ4n) is 7.96. The zero-order chi connectivity index (χ0) is 32.6. The van der Waals surface area contributed by atoms with Gasteiger partial charge in [0.1, 0.15) is 0 Å². The molecule has 242 valence electrons. The van der Waals surface area contributed by atoms with E-state index in [2.05, 4.69) is 125 Å². The van der Waals surface area contributed by atoms with Crippen LogP contribution in [0.15, 0.2) is 96.1 Å². The maximum Gasteiger partial charge on any atom is 0.0397 e. The molecule has 2 atom stereocenters. The van der Waals surface area contributed by atoms with Gasteiger partial charge in [-0.3, -0.25) is 0 Å². The van der Waals surface area contributed by atoms with E-state index in [1.165, 1.54) is 108 Å². The minimum Gasteiger partial charge on any atom is -0.0654 e. The van der Waals surface area contributed by atoms with Crippen LogP contribution in [0.3, 0.4) is 0 Å². The molecule has 0 nitrogen and oxygen atoms in total. The van der Waals surface area contributed by atoms with Crippen LogP contribution in [0.4, 0.5) is 0 Å². The molecule has 0 amide bonds. The van der Waals surface area contributed by atoms with Gasteiger partial charge in [0.25, 0.3) is 0 Å². The third-order valence-electron chi connectivity index (χ3n) is 10.5. The van der Waals surface area contributed by atoms with Gasteiger partial charge < -0.3 is 0 Å². The highest BCUT2D eigenvalue weighted by Crippen LogP contribution is 2.48. The molecule has 0 saturated heterocycles. The molecule has 4 aromatic rings. The Morgan fingerprint density at radius 3 is 1.28 bits per heavy atom. The molecule has 2 unspecified atom stereocenters. The standard InChI is InChI=1S/C46H54Si/c1-5-9-15-37-29-43-39(35-25-21-33(13-7-3)22-26-35)17-11-19-41(43)45(37)31-47-32-46-38(16-10-6-2)30-44-40(18-12-20-42(44)46)36-27-23-34(14-8-4)24-28-36/h11-12,17-30,45-46H,5-10,13-16,31-32H2,1-4H3. The molecule has 0 saturated carbocycles. The fourth-order valence-corrected chi connectivity index (χ4v) is 9.67. The number of fused-ring (bicyclic) bond motifs is 2. The molecule has 0 spiro atoms. The van der Waals surface area contributed by atoms with Crippen molar-refractivity contribution >= 4 is 21.7 Å². The summed E-state index contributed by atoms with van der Waals surface area (Å²) in [4.78, 5) is 0. The van der Waals surface area contributed by atoms with Crippen molar-refractivity contribution in [2.45, 2.75) is 116 Å². The molecule has 0 aliphatic heterocycles. The fraction of sp³-hybridized carbons (Fsp3) is 0.391. The molecule has 2 aliphatic carbocycles. The number of benzene rings is 4. The van der Waals surface area contributed by atoms with Crippen LogP contribution in [-0.4, -0.2) is 9.52 Å². The number of aryl methyl sites for hydroxylation is 2. The van der Waals surface area contributed by atoms with Gasteiger partial charge in [-0.1, -0.05) is 174 Å². The topological polar surface area (TPSA) is 0 Å². The Morgan fingerprint density at radius 1 is 0.468 bits per heavy atom. The number of hydrogen-bond donors (Lipinski definition) is 0. The first-order valence-corrected chi connectivity index (χ1v) is 20.1. The summed E-state index contributed by atoms with van der Waals surface area (Å²) in [5.74, 6) is 1.12. The summed E-state index contributed by atoms with van der Waals surface area (Å²) in [6.07, 6.45) is 17.4. The van der Waals surface area contributed by atoms with Gasteiger partial charge in [-0.2, -0.15) is 0 Å². The zero-order valence-electron chi connectivity index (χ0n) is 29.4. The van der Waals surface area contributed by atoms with Crippen LogP contribution in [0, 0.1) is 0 Å². The number of rotatable bonds is 16. The minimum absolute atomic E-state index is 0.561. The Hall–Kier alpha value is -3.42.